The van der Waals surface area contributed by atoms with Gasteiger partial charge in [0.05, 0.1) is 12.1 Å². The average Bonchev–Trinajstić information content (AvgIpc) is 3.11. The number of halogens is 2. The third kappa shape index (κ3) is 3.91. The van der Waals surface area contributed by atoms with Crippen molar-refractivity contribution in [3.05, 3.63) is 71.7 Å². The number of benzene rings is 1. The van der Waals surface area contributed by atoms with Crippen LogP contribution in [0.1, 0.15) is 30.5 Å². The third-order valence-corrected chi connectivity index (χ3v) is 5.56. The number of piperidine rings is 1. The molecule has 1 aliphatic rings. The highest BCUT2D eigenvalue weighted by molar-refractivity contribution is 5.78. The maximum absolute atomic E-state index is 13.8. The first-order valence-corrected chi connectivity index (χ1v) is 9.73. The standard InChI is InChI=1S/C22H23F2N3O/c23-19-6-3-7-20(24)18(19)10-9-16-5-4-11-26(15-16)22(28)13-17-14-25-21-8-1-2-12-27(17)21/h1-3,6-8,12,14,16H,4-5,9-11,13,15H2/t16-/m1/s1. The molecule has 3 aromatic rings. The summed E-state index contributed by atoms with van der Waals surface area (Å²) < 4.78 is 29.6. The molecular formula is C22H23F2N3O. The smallest absolute Gasteiger partial charge is 0.228 e. The molecule has 2 aromatic heterocycles. The number of carbonyl (C=O) groups is 1. The van der Waals surface area contributed by atoms with Gasteiger partial charge >= 0.3 is 0 Å². The normalized spacial score (nSPS) is 17.2. The Morgan fingerprint density at radius 2 is 1.96 bits per heavy atom. The summed E-state index contributed by atoms with van der Waals surface area (Å²) in [6.07, 6.45) is 6.90. The molecule has 0 aliphatic carbocycles. The molecule has 28 heavy (non-hydrogen) atoms. The second-order valence-electron chi connectivity index (χ2n) is 7.44. The molecule has 1 fully saturated rings. The van der Waals surface area contributed by atoms with Gasteiger partial charge in [-0.05, 0) is 55.9 Å². The van der Waals surface area contributed by atoms with Crippen molar-refractivity contribution in [2.45, 2.75) is 32.1 Å². The zero-order valence-electron chi connectivity index (χ0n) is 15.7. The van der Waals surface area contributed by atoms with Crippen molar-refractivity contribution in [2.24, 2.45) is 5.92 Å². The molecule has 0 unspecified atom stereocenters. The summed E-state index contributed by atoms with van der Waals surface area (Å²) in [5, 5.41) is 0. The highest BCUT2D eigenvalue weighted by atomic mass is 19.1. The van der Waals surface area contributed by atoms with Gasteiger partial charge in [-0.1, -0.05) is 12.1 Å². The van der Waals surface area contributed by atoms with Gasteiger partial charge in [0.2, 0.25) is 5.91 Å². The minimum Gasteiger partial charge on any atom is -0.342 e. The number of hydrogen-bond donors (Lipinski definition) is 0. The number of nitrogens with zero attached hydrogens (tertiary/aromatic N) is 3. The van der Waals surface area contributed by atoms with E-state index in [1.165, 1.54) is 18.2 Å². The van der Waals surface area contributed by atoms with Gasteiger partial charge in [-0.2, -0.15) is 0 Å². The monoisotopic (exact) mass is 383 g/mol. The van der Waals surface area contributed by atoms with E-state index >= 15 is 0 Å². The van der Waals surface area contributed by atoms with Gasteiger partial charge in [0.25, 0.3) is 0 Å². The van der Waals surface area contributed by atoms with Crippen LogP contribution < -0.4 is 0 Å². The molecule has 4 rings (SSSR count). The number of imidazole rings is 1. The van der Waals surface area contributed by atoms with Crippen molar-refractivity contribution >= 4 is 11.6 Å². The van der Waals surface area contributed by atoms with E-state index in [1.807, 2.05) is 33.7 Å². The Morgan fingerprint density at radius 3 is 2.79 bits per heavy atom. The first-order chi connectivity index (χ1) is 13.6. The lowest BCUT2D eigenvalue weighted by atomic mass is 9.91. The van der Waals surface area contributed by atoms with Gasteiger partial charge in [0, 0.05) is 31.0 Å². The molecule has 0 radical (unpaired) electrons. The number of hydrogen-bond acceptors (Lipinski definition) is 2. The van der Waals surface area contributed by atoms with Crippen molar-refractivity contribution < 1.29 is 13.6 Å². The Hall–Kier alpha value is -2.76. The molecule has 4 nitrogen and oxygen atoms in total. The molecule has 0 spiro atoms. The summed E-state index contributed by atoms with van der Waals surface area (Å²) in [6, 6.07) is 9.72. The SMILES string of the molecule is O=C(Cc1cnc2ccccn12)N1CCC[C@H](CCc2c(F)cccc2F)C1. The fourth-order valence-electron chi connectivity index (χ4n) is 4.03. The quantitative estimate of drug-likeness (QED) is 0.667. The molecule has 0 saturated carbocycles. The highest BCUT2D eigenvalue weighted by Crippen LogP contribution is 2.24. The van der Waals surface area contributed by atoms with Crippen LogP contribution in [-0.2, 0) is 17.6 Å². The lowest BCUT2D eigenvalue weighted by molar-refractivity contribution is -0.132. The molecule has 1 amide bonds. The van der Waals surface area contributed by atoms with E-state index in [9.17, 15) is 13.6 Å². The van der Waals surface area contributed by atoms with E-state index < -0.39 is 11.6 Å². The molecule has 1 aromatic carbocycles. The molecule has 0 N–H and O–H groups in total. The molecule has 3 heterocycles. The van der Waals surface area contributed by atoms with Gasteiger partial charge in [-0.15, -0.1) is 0 Å². The summed E-state index contributed by atoms with van der Waals surface area (Å²) in [6.45, 7) is 1.38. The summed E-state index contributed by atoms with van der Waals surface area (Å²) in [5.74, 6) is -0.640. The number of aromatic nitrogens is 2. The Labute approximate surface area is 162 Å². The minimum absolute atomic E-state index is 0.0763. The Morgan fingerprint density at radius 1 is 1.14 bits per heavy atom. The van der Waals surface area contributed by atoms with Crippen LogP contribution in [0, 0.1) is 17.6 Å². The van der Waals surface area contributed by atoms with Crippen LogP contribution in [0.5, 0.6) is 0 Å². The molecular weight excluding hydrogens is 360 g/mol. The van der Waals surface area contributed by atoms with Crippen molar-refractivity contribution in [1.82, 2.24) is 14.3 Å². The fourth-order valence-corrected chi connectivity index (χ4v) is 4.03. The zero-order chi connectivity index (χ0) is 19.5. The molecule has 1 aliphatic heterocycles. The Balaban J connectivity index is 1.37. The first-order valence-electron chi connectivity index (χ1n) is 9.73. The number of fused-ring (bicyclic) bond motifs is 1. The fraction of sp³-hybridized carbons (Fsp3) is 0.364. The van der Waals surface area contributed by atoms with E-state index in [4.69, 9.17) is 0 Å². The number of carbonyl (C=O) groups excluding carboxylic acids is 1. The number of amides is 1. The number of pyridine rings is 1. The van der Waals surface area contributed by atoms with Gasteiger partial charge < -0.3 is 9.30 Å². The van der Waals surface area contributed by atoms with Crippen molar-refractivity contribution in [2.75, 3.05) is 13.1 Å². The van der Waals surface area contributed by atoms with Gasteiger partial charge in [0.1, 0.15) is 17.3 Å². The zero-order valence-corrected chi connectivity index (χ0v) is 15.7. The lowest BCUT2D eigenvalue weighted by Crippen LogP contribution is -2.41. The average molecular weight is 383 g/mol. The van der Waals surface area contributed by atoms with Gasteiger partial charge in [-0.25, -0.2) is 13.8 Å². The maximum atomic E-state index is 13.8. The summed E-state index contributed by atoms with van der Waals surface area (Å²) in [5.41, 5.74) is 1.85. The molecule has 146 valence electrons. The van der Waals surface area contributed by atoms with Crippen LogP contribution in [0.2, 0.25) is 0 Å². The predicted octanol–water partition coefficient (Wildman–Crippen LogP) is 4.03. The van der Waals surface area contributed by atoms with Crippen LogP contribution >= 0.6 is 0 Å². The van der Waals surface area contributed by atoms with Gasteiger partial charge in [-0.3, -0.25) is 4.79 Å². The summed E-state index contributed by atoms with van der Waals surface area (Å²) >= 11 is 0. The van der Waals surface area contributed by atoms with Crippen LogP contribution in [-0.4, -0.2) is 33.3 Å². The minimum atomic E-state index is -0.489. The van der Waals surface area contributed by atoms with Crippen LogP contribution in [0.25, 0.3) is 5.65 Å². The van der Waals surface area contributed by atoms with Crippen molar-refractivity contribution in [1.29, 1.82) is 0 Å². The van der Waals surface area contributed by atoms with E-state index in [0.717, 1.165) is 30.7 Å². The molecule has 1 saturated heterocycles. The highest BCUT2D eigenvalue weighted by Gasteiger charge is 2.25. The van der Waals surface area contributed by atoms with E-state index in [0.29, 0.717) is 25.8 Å². The topological polar surface area (TPSA) is 37.6 Å². The van der Waals surface area contributed by atoms with Crippen LogP contribution in [0.3, 0.4) is 0 Å². The van der Waals surface area contributed by atoms with Crippen molar-refractivity contribution in [3.8, 4) is 0 Å². The maximum Gasteiger partial charge on any atom is 0.228 e. The lowest BCUT2D eigenvalue weighted by Gasteiger charge is -2.33. The second-order valence-corrected chi connectivity index (χ2v) is 7.44. The van der Waals surface area contributed by atoms with E-state index in [2.05, 4.69) is 4.98 Å². The molecule has 6 heteroatoms. The Bertz CT molecular complexity index is 965. The van der Waals surface area contributed by atoms with E-state index in [1.54, 1.807) is 6.20 Å². The number of likely N-dealkylation sites (tertiary alicyclic amines) is 1. The largest absolute Gasteiger partial charge is 0.342 e. The Kier molecular flexibility index (Phi) is 5.37. The molecule has 1 atom stereocenters. The predicted molar refractivity (Wildman–Crippen MR) is 103 cm³/mol. The summed E-state index contributed by atoms with van der Waals surface area (Å²) in [7, 11) is 0. The van der Waals surface area contributed by atoms with Crippen LogP contribution in [0.15, 0.2) is 48.8 Å². The van der Waals surface area contributed by atoms with Gasteiger partial charge in [0.15, 0.2) is 0 Å². The van der Waals surface area contributed by atoms with Crippen LogP contribution in [0.4, 0.5) is 8.78 Å². The number of rotatable bonds is 5. The molecule has 0 bridgehead atoms. The van der Waals surface area contributed by atoms with E-state index in [-0.39, 0.29) is 17.4 Å². The summed E-state index contributed by atoms with van der Waals surface area (Å²) in [4.78, 5) is 19.0. The second kappa shape index (κ2) is 8.09. The third-order valence-electron chi connectivity index (χ3n) is 5.56. The first kappa shape index (κ1) is 18.6. The van der Waals surface area contributed by atoms with Crippen molar-refractivity contribution in [3.63, 3.8) is 0 Å².